The van der Waals surface area contributed by atoms with Gasteiger partial charge < -0.3 is 34.6 Å². The Hall–Kier alpha value is -5.48. The predicted molar refractivity (Wildman–Crippen MR) is 216 cm³/mol. The van der Waals surface area contributed by atoms with E-state index >= 15 is 0 Å². The van der Waals surface area contributed by atoms with Gasteiger partial charge in [0.1, 0.15) is 23.3 Å². The second-order valence-corrected chi connectivity index (χ2v) is 16.1. The van der Waals surface area contributed by atoms with E-state index in [1.807, 2.05) is 42.4 Å². The van der Waals surface area contributed by atoms with Crippen LogP contribution in [0, 0.1) is 12.8 Å². The number of nitrogens with one attached hydrogen (secondary N) is 3. The van der Waals surface area contributed by atoms with Gasteiger partial charge in [0.05, 0.1) is 12.2 Å². The number of imide groups is 1. The number of piperazine rings is 1. The van der Waals surface area contributed by atoms with Crippen LogP contribution in [0.5, 0.6) is 5.75 Å². The molecular formula is C42H53N11O5. The van der Waals surface area contributed by atoms with Crippen LogP contribution >= 0.6 is 0 Å². The van der Waals surface area contributed by atoms with Gasteiger partial charge in [0.2, 0.25) is 11.8 Å². The third kappa shape index (κ3) is 9.45. The number of carbonyl (C=O) groups is 4. The molecule has 0 radical (unpaired) electrons. The minimum atomic E-state index is -0.386. The average Bonchev–Trinajstić information content (AvgIpc) is 3.65. The Labute approximate surface area is 338 Å². The molecule has 3 aromatic heterocycles. The van der Waals surface area contributed by atoms with Crippen LogP contribution in [0.2, 0.25) is 0 Å². The second-order valence-electron chi connectivity index (χ2n) is 16.1. The molecule has 4 amide bonds. The van der Waals surface area contributed by atoms with Crippen LogP contribution in [-0.2, 0) is 14.4 Å². The van der Waals surface area contributed by atoms with Gasteiger partial charge in [-0.15, -0.1) is 0 Å². The highest BCUT2D eigenvalue weighted by molar-refractivity contribution is 6.01. The molecule has 4 aromatic rings. The quantitative estimate of drug-likeness (QED) is 0.126. The van der Waals surface area contributed by atoms with Crippen molar-refractivity contribution in [2.45, 2.75) is 69.9 Å². The Morgan fingerprint density at radius 1 is 0.931 bits per heavy atom. The lowest BCUT2D eigenvalue weighted by molar-refractivity contribution is -0.135. The lowest BCUT2D eigenvalue weighted by Gasteiger charge is -2.39. The summed E-state index contributed by atoms with van der Waals surface area (Å²) in [5.74, 6) is 0.812. The molecule has 4 aliphatic rings. The zero-order valence-electron chi connectivity index (χ0n) is 33.1. The molecule has 58 heavy (non-hydrogen) atoms. The van der Waals surface area contributed by atoms with Gasteiger partial charge in [-0.05, 0) is 87.7 Å². The number of nitrogens with zero attached hydrogens (tertiary/aromatic N) is 8. The summed E-state index contributed by atoms with van der Waals surface area (Å²) in [5.41, 5.74) is 3.64. The van der Waals surface area contributed by atoms with Gasteiger partial charge in [0.25, 0.3) is 11.8 Å². The number of anilines is 1. The molecule has 1 unspecified atom stereocenters. The number of hydrogen-bond donors (Lipinski definition) is 3. The van der Waals surface area contributed by atoms with Crippen molar-refractivity contribution in [1.29, 1.82) is 0 Å². The number of pyridine rings is 1. The summed E-state index contributed by atoms with van der Waals surface area (Å²) in [4.78, 5) is 74.5. The Kier molecular flexibility index (Phi) is 12.2. The maximum atomic E-state index is 13.0. The first kappa shape index (κ1) is 39.4. The van der Waals surface area contributed by atoms with Gasteiger partial charge in [-0.2, -0.15) is 0 Å². The zero-order valence-corrected chi connectivity index (χ0v) is 33.1. The first-order valence-corrected chi connectivity index (χ1v) is 20.7. The van der Waals surface area contributed by atoms with E-state index < -0.39 is 0 Å². The van der Waals surface area contributed by atoms with E-state index in [1.165, 1.54) is 0 Å². The number of piperidine rings is 2. The molecule has 4 fully saturated rings. The van der Waals surface area contributed by atoms with Gasteiger partial charge in [-0.25, -0.2) is 19.9 Å². The largest absolute Gasteiger partial charge is 0.484 e. The van der Waals surface area contributed by atoms with Gasteiger partial charge >= 0.3 is 0 Å². The number of rotatable bonds is 14. The van der Waals surface area contributed by atoms with Crippen molar-refractivity contribution in [2.24, 2.45) is 5.92 Å². The molecule has 1 aromatic carbocycles. The van der Waals surface area contributed by atoms with Crippen molar-refractivity contribution in [2.75, 3.05) is 70.8 Å². The first-order chi connectivity index (χ1) is 28.3. The molecule has 0 bridgehead atoms. The lowest BCUT2D eigenvalue weighted by Crippen LogP contribution is -2.49. The fourth-order valence-corrected chi connectivity index (χ4v) is 8.61. The molecule has 3 N–H and O–H groups in total. The van der Waals surface area contributed by atoms with Crippen LogP contribution in [-0.4, -0.2) is 134 Å². The number of amides is 4. The fourth-order valence-electron chi connectivity index (χ4n) is 8.61. The smallest absolute Gasteiger partial charge is 0.270 e. The molecule has 306 valence electrons. The van der Waals surface area contributed by atoms with Crippen LogP contribution in [0.15, 0.2) is 55.1 Å². The minimum absolute atomic E-state index is 0.0189. The van der Waals surface area contributed by atoms with E-state index in [0.29, 0.717) is 30.2 Å². The summed E-state index contributed by atoms with van der Waals surface area (Å²) < 4.78 is 7.95. The molecule has 8 rings (SSSR count). The maximum absolute atomic E-state index is 13.0. The number of benzene rings is 1. The van der Waals surface area contributed by atoms with E-state index in [-0.39, 0.29) is 48.2 Å². The standard InChI is InChI=1S/C42H53N11O5/c1-28-5-2-8-35(47-28)42(57)48-31-22-32(23-31)53-27-46-38-39(44-26-45-40(38)53)43-13-4-14-50-17-19-51(20-18-50)24-29-11-15-52(16-12-29)37(55)25-58-33-7-3-6-30(21-33)34-9-10-36(54)49-41(34)56/h2-3,5-8,21,26-27,29,31-32,34H,4,9-20,22-25H2,1H3,(H,48,57)(H,43,44,45)(H,49,54,56). The van der Waals surface area contributed by atoms with Crippen LogP contribution in [0.25, 0.3) is 11.2 Å². The summed E-state index contributed by atoms with van der Waals surface area (Å²) in [6.45, 7) is 10.4. The number of aromatic nitrogens is 5. The van der Waals surface area contributed by atoms with Gasteiger partial charge in [0, 0.05) is 76.6 Å². The van der Waals surface area contributed by atoms with Crippen molar-refractivity contribution in [1.82, 2.24) is 49.8 Å². The van der Waals surface area contributed by atoms with E-state index in [2.05, 4.69) is 50.3 Å². The number of likely N-dealkylation sites (tertiary alicyclic amines) is 1. The van der Waals surface area contributed by atoms with Gasteiger partial charge in [-0.1, -0.05) is 18.2 Å². The highest BCUT2D eigenvalue weighted by Crippen LogP contribution is 2.35. The molecule has 1 atom stereocenters. The number of ether oxygens (including phenoxy) is 1. The summed E-state index contributed by atoms with van der Waals surface area (Å²) in [6.07, 6.45) is 8.82. The Morgan fingerprint density at radius 3 is 2.52 bits per heavy atom. The normalized spacial score (nSPS) is 22.0. The van der Waals surface area contributed by atoms with Crippen LogP contribution in [0.4, 0.5) is 5.82 Å². The molecule has 3 aliphatic heterocycles. The summed E-state index contributed by atoms with van der Waals surface area (Å²) in [5, 5.41) is 9.00. The molecule has 0 spiro atoms. The molecule has 1 aliphatic carbocycles. The predicted octanol–water partition coefficient (Wildman–Crippen LogP) is 2.92. The summed E-state index contributed by atoms with van der Waals surface area (Å²) in [6, 6.07) is 13.1. The molecular weight excluding hydrogens is 739 g/mol. The summed E-state index contributed by atoms with van der Waals surface area (Å²) >= 11 is 0. The van der Waals surface area contributed by atoms with E-state index in [1.54, 1.807) is 24.5 Å². The molecule has 16 nitrogen and oxygen atoms in total. The minimum Gasteiger partial charge on any atom is -0.484 e. The molecule has 6 heterocycles. The number of carbonyl (C=O) groups excluding carboxylic acids is 4. The third-order valence-corrected chi connectivity index (χ3v) is 12.1. The summed E-state index contributed by atoms with van der Waals surface area (Å²) in [7, 11) is 0. The van der Waals surface area contributed by atoms with Crippen LogP contribution < -0.4 is 20.7 Å². The van der Waals surface area contributed by atoms with Crippen LogP contribution in [0.1, 0.15) is 78.7 Å². The van der Waals surface area contributed by atoms with E-state index in [9.17, 15) is 19.2 Å². The van der Waals surface area contributed by atoms with Crippen LogP contribution in [0.3, 0.4) is 0 Å². The Bertz CT molecular complexity index is 2100. The fraction of sp³-hybridized carbons (Fsp3) is 0.524. The number of imidazole rings is 1. The molecule has 16 heteroatoms. The SMILES string of the molecule is Cc1cccc(C(=O)NC2CC(n3cnc4c(NCCCN5CCN(CC6CCN(C(=O)COc7cccc(C8CCC(=O)NC8=O)c7)CC6)CC5)ncnc43)C2)n1. The molecule has 1 saturated carbocycles. The average molecular weight is 792 g/mol. The van der Waals surface area contributed by atoms with Crippen molar-refractivity contribution >= 4 is 40.6 Å². The Morgan fingerprint density at radius 2 is 1.72 bits per heavy atom. The topological polar surface area (TPSA) is 180 Å². The highest BCUT2D eigenvalue weighted by atomic mass is 16.5. The van der Waals surface area contributed by atoms with E-state index in [4.69, 9.17) is 4.74 Å². The van der Waals surface area contributed by atoms with Gasteiger partial charge in [-0.3, -0.25) is 24.5 Å². The van der Waals surface area contributed by atoms with Crippen molar-refractivity contribution in [3.8, 4) is 5.75 Å². The van der Waals surface area contributed by atoms with Crippen molar-refractivity contribution < 1.29 is 23.9 Å². The zero-order chi connectivity index (χ0) is 40.0. The lowest BCUT2D eigenvalue weighted by atomic mass is 9.86. The highest BCUT2D eigenvalue weighted by Gasteiger charge is 2.34. The number of aryl methyl sites for hydroxylation is 1. The first-order valence-electron chi connectivity index (χ1n) is 20.7. The second kappa shape index (κ2) is 18.0. The maximum Gasteiger partial charge on any atom is 0.270 e. The van der Waals surface area contributed by atoms with Crippen molar-refractivity contribution in [3.63, 3.8) is 0 Å². The van der Waals surface area contributed by atoms with Gasteiger partial charge in [0.15, 0.2) is 18.1 Å². The monoisotopic (exact) mass is 791 g/mol. The number of fused-ring (bicyclic) bond motifs is 1. The molecule has 3 saturated heterocycles. The Balaban J connectivity index is 0.700. The number of hydrogen-bond acceptors (Lipinski definition) is 12. The van der Waals surface area contributed by atoms with E-state index in [0.717, 1.165) is 119 Å². The van der Waals surface area contributed by atoms with Crippen molar-refractivity contribution in [3.05, 3.63) is 72.1 Å². The third-order valence-electron chi connectivity index (χ3n) is 12.1.